The van der Waals surface area contributed by atoms with Gasteiger partial charge in [-0.2, -0.15) is 0 Å². The summed E-state index contributed by atoms with van der Waals surface area (Å²) in [6, 6.07) is 13.2. The minimum absolute atomic E-state index is 0.00193. The first-order chi connectivity index (χ1) is 13.8. The van der Waals surface area contributed by atoms with Gasteiger partial charge in [0.2, 0.25) is 11.8 Å². The number of methoxy groups -OCH3 is 2. The maximum absolute atomic E-state index is 12.4. The first kappa shape index (κ1) is 22.1. The number of carbonyl (C=O) groups is 2. The number of hydrogen-bond acceptors (Lipinski definition) is 5. The predicted octanol–water partition coefficient (Wildman–Crippen LogP) is 2.80. The monoisotopic (exact) mass is 399 g/mol. The second kappa shape index (κ2) is 10.4. The lowest BCUT2D eigenvalue weighted by Gasteiger charge is -2.21. The van der Waals surface area contributed by atoms with Gasteiger partial charge in [0, 0.05) is 38.9 Å². The Morgan fingerprint density at radius 3 is 2.17 bits per heavy atom. The summed E-state index contributed by atoms with van der Waals surface area (Å²) < 4.78 is 10.6. The molecule has 0 unspecified atom stereocenters. The van der Waals surface area contributed by atoms with E-state index in [1.54, 1.807) is 14.2 Å². The fraction of sp³-hybridized carbons (Fsp3) is 0.364. The molecule has 0 saturated carbocycles. The largest absolute Gasteiger partial charge is 0.493 e. The van der Waals surface area contributed by atoms with Crippen LogP contribution in [0.5, 0.6) is 11.5 Å². The van der Waals surface area contributed by atoms with E-state index in [1.807, 2.05) is 61.5 Å². The van der Waals surface area contributed by atoms with Gasteiger partial charge < -0.3 is 24.6 Å². The molecule has 2 aromatic rings. The van der Waals surface area contributed by atoms with Crippen LogP contribution in [-0.2, 0) is 16.0 Å². The van der Waals surface area contributed by atoms with Crippen LogP contribution in [0.2, 0.25) is 0 Å². The highest BCUT2D eigenvalue weighted by Crippen LogP contribution is 2.27. The highest BCUT2D eigenvalue weighted by atomic mass is 16.5. The molecule has 0 spiro atoms. The molecular formula is C22H29N3O4. The molecule has 2 aromatic carbocycles. The van der Waals surface area contributed by atoms with E-state index in [-0.39, 0.29) is 18.4 Å². The number of carbonyl (C=O) groups excluding carboxylic acids is 2. The van der Waals surface area contributed by atoms with Gasteiger partial charge in [-0.15, -0.1) is 0 Å². The number of benzene rings is 2. The first-order valence-corrected chi connectivity index (χ1v) is 9.37. The molecule has 0 aliphatic rings. The van der Waals surface area contributed by atoms with E-state index in [9.17, 15) is 9.59 Å². The Labute approximate surface area is 172 Å². The highest BCUT2D eigenvalue weighted by Gasteiger charge is 2.14. The standard InChI is InChI=1S/C22H29N3O4/c1-16(26)25(13-12-17-6-11-20(28-4)21(14-17)29-5)15-22(27)23-18-7-9-19(10-8-18)24(2)3/h6-11,14H,12-13,15H2,1-5H3,(H,23,27). The van der Waals surface area contributed by atoms with Crippen LogP contribution < -0.4 is 19.7 Å². The van der Waals surface area contributed by atoms with Gasteiger partial charge >= 0.3 is 0 Å². The third-order valence-corrected chi connectivity index (χ3v) is 4.57. The summed E-state index contributed by atoms with van der Waals surface area (Å²) in [5, 5.41) is 2.84. The van der Waals surface area contributed by atoms with Gasteiger partial charge in [-0.3, -0.25) is 9.59 Å². The molecule has 7 heteroatoms. The van der Waals surface area contributed by atoms with Crippen molar-refractivity contribution in [3.8, 4) is 11.5 Å². The van der Waals surface area contributed by atoms with E-state index in [0.717, 1.165) is 11.3 Å². The number of nitrogens with one attached hydrogen (secondary N) is 1. The zero-order valence-corrected chi connectivity index (χ0v) is 17.7. The van der Waals surface area contributed by atoms with E-state index in [0.29, 0.717) is 30.2 Å². The lowest BCUT2D eigenvalue weighted by Crippen LogP contribution is -2.38. The maximum atomic E-state index is 12.4. The quantitative estimate of drug-likeness (QED) is 0.702. The highest BCUT2D eigenvalue weighted by molar-refractivity contribution is 5.94. The van der Waals surface area contributed by atoms with Crippen molar-refractivity contribution in [3.05, 3.63) is 48.0 Å². The molecule has 1 N–H and O–H groups in total. The molecule has 156 valence electrons. The van der Waals surface area contributed by atoms with Crippen molar-refractivity contribution in [2.24, 2.45) is 0 Å². The van der Waals surface area contributed by atoms with Crippen LogP contribution in [0.4, 0.5) is 11.4 Å². The summed E-state index contributed by atoms with van der Waals surface area (Å²) in [4.78, 5) is 27.9. The second-order valence-corrected chi connectivity index (χ2v) is 6.87. The third-order valence-electron chi connectivity index (χ3n) is 4.57. The molecule has 0 fully saturated rings. The summed E-state index contributed by atoms with van der Waals surface area (Å²) >= 11 is 0. The number of ether oxygens (including phenoxy) is 2. The number of anilines is 2. The molecule has 0 bridgehead atoms. The molecule has 0 radical (unpaired) electrons. The van der Waals surface area contributed by atoms with Crippen LogP contribution in [0, 0.1) is 0 Å². The summed E-state index contributed by atoms with van der Waals surface area (Å²) in [7, 11) is 7.08. The molecular weight excluding hydrogens is 370 g/mol. The lowest BCUT2D eigenvalue weighted by molar-refractivity contribution is -0.132. The van der Waals surface area contributed by atoms with Gasteiger partial charge in [0.25, 0.3) is 0 Å². The van der Waals surface area contributed by atoms with Crippen molar-refractivity contribution in [2.45, 2.75) is 13.3 Å². The van der Waals surface area contributed by atoms with Crippen LogP contribution in [0.15, 0.2) is 42.5 Å². The average Bonchev–Trinajstić information content (AvgIpc) is 2.70. The molecule has 2 amide bonds. The molecule has 0 atom stereocenters. The van der Waals surface area contributed by atoms with Crippen LogP contribution in [0.25, 0.3) is 0 Å². The topological polar surface area (TPSA) is 71.1 Å². The number of amides is 2. The van der Waals surface area contributed by atoms with Crippen LogP contribution in [0.3, 0.4) is 0 Å². The fourth-order valence-electron chi connectivity index (χ4n) is 2.86. The van der Waals surface area contributed by atoms with E-state index in [4.69, 9.17) is 9.47 Å². The summed E-state index contributed by atoms with van der Waals surface area (Å²) in [5.74, 6) is 0.909. The SMILES string of the molecule is COc1ccc(CCN(CC(=O)Nc2ccc(N(C)C)cc2)C(C)=O)cc1OC. The number of nitrogens with zero attached hydrogens (tertiary/aromatic N) is 2. The molecule has 29 heavy (non-hydrogen) atoms. The molecule has 0 saturated heterocycles. The van der Waals surface area contributed by atoms with Gasteiger partial charge in [0.05, 0.1) is 20.8 Å². The van der Waals surface area contributed by atoms with Crippen LogP contribution >= 0.6 is 0 Å². The summed E-state index contributed by atoms with van der Waals surface area (Å²) in [6.07, 6.45) is 0.602. The zero-order valence-electron chi connectivity index (χ0n) is 17.7. The number of hydrogen-bond donors (Lipinski definition) is 1. The molecule has 2 rings (SSSR count). The predicted molar refractivity (Wildman–Crippen MR) is 115 cm³/mol. The van der Waals surface area contributed by atoms with Crippen molar-refractivity contribution in [3.63, 3.8) is 0 Å². The summed E-state index contributed by atoms with van der Waals surface area (Å²) in [6.45, 7) is 1.89. The minimum atomic E-state index is -0.231. The van der Waals surface area contributed by atoms with E-state index in [1.165, 1.54) is 11.8 Å². The molecule has 0 aliphatic carbocycles. The fourth-order valence-corrected chi connectivity index (χ4v) is 2.86. The van der Waals surface area contributed by atoms with Crippen molar-refractivity contribution >= 4 is 23.2 Å². The van der Waals surface area contributed by atoms with E-state index in [2.05, 4.69) is 5.32 Å². The van der Waals surface area contributed by atoms with Crippen LogP contribution in [0.1, 0.15) is 12.5 Å². The Kier molecular flexibility index (Phi) is 7.88. The Hall–Kier alpha value is -3.22. The molecule has 0 aliphatic heterocycles. The smallest absolute Gasteiger partial charge is 0.243 e. The Morgan fingerprint density at radius 1 is 0.966 bits per heavy atom. The lowest BCUT2D eigenvalue weighted by atomic mass is 10.1. The van der Waals surface area contributed by atoms with Gasteiger partial charge in [0.15, 0.2) is 11.5 Å². The number of rotatable bonds is 9. The average molecular weight is 399 g/mol. The van der Waals surface area contributed by atoms with E-state index >= 15 is 0 Å². The van der Waals surface area contributed by atoms with Crippen LogP contribution in [-0.4, -0.2) is 58.1 Å². The van der Waals surface area contributed by atoms with E-state index < -0.39 is 0 Å². The van der Waals surface area contributed by atoms with Crippen molar-refractivity contribution in [1.82, 2.24) is 4.90 Å². The Bertz CT molecular complexity index is 834. The Morgan fingerprint density at radius 2 is 1.62 bits per heavy atom. The van der Waals surface area contributed by atoms with Gasteiger partial charge in [0.1, 0.15) is 0 Å². The van der Waals surface area contributed by atoms with Crippen molar-refractivity contribution in [1.29, 1.82) is 0 Å². The normalized spacial score (nSPS) is 10.2. The first-order valence-electron chi connectivity index (χ1n) is 9.37. The van der Waals surface area contributed by atoms with Gasteiger partial charge in [-0.05, 0) is 48.4 Å². The minimum Gasteiger partial charge on any atom is -0.493 e. The van der Waals surface area contributed by atoms with Crippen molar-refractivity contribution < 1.29 is 19.1 Å². The van der Waals surface area contributed by atoms with Gasteiger partial charge in [-0.1, -0.05) is 6.07 Å². The second-order valence-electron chi connectivity index (χ2n) is 6.87. The third kappa shape index (κ3) is 6.41. The molecule has 0 aromatic heterocycles. The maximum Gasteiger partial charge on any atom is 0.243 e. The van der Waals surface area contributed by atoms with Crippen molar-refractivity contribution in [2.75, 3.05) is 51.6 Å². The Balaban J connectivity index is 1.95. The zero-order chi connectivity index (χ0) is 21.4. The molecule has 0 heterocycles. The van der Waals surface area contributed by atoms with Gasteiger partial charge in [-0.25, -0.2) is 0 Å². The summed E-state index contributed by atoms with van der Waals surface area (Å²) in [5.41, 5.74) is 2.74. The molecule has 7 nitrogen and oxygen atoms in total.